The molecule has 0 saturated heterocycles. The van der Waals surface area contributed by atoms with Crippen LogP contribution in [-0.2, 0) is 5.41 Å². The maximum absolute atomic E-state index is 5.32. The van der Waals surface area contributed by atoms with Crippen molar-refractivity contribution >= 4 is 32.7 Å². The second-order valence-corrected chi connectivity index (χ2v) is 15.2. The quantitative estimate of drug-likeness (QED) is 0.181. The van der Waals surface area contributed by atoms with E-state index in [1.807, 2.05) is 6.07 Å². The first-order valence-electron chi connectivity index (χ1n) is 18.6. The molecule has 10 rings (SSSR count). The van der Waals surface area contributed by atoms with E-state index >= 15 is 0 Å². The Kier molecular flexibility index (Phi) is 7.03. The average molecular weight is 682 g/mol. The Morgan fingerprint density at radius 3 is 1.94 bits per heavy atom. The van der Waals surface area contributed by atoms with Gasteiger partial charge in [0.1, 0.15) is 0 Å². The van der Waals surface area contributed by atoms with Gasteiger partial charge in [-0.2, -0.15) is 0 Å². The number of nitrogens with zero attached hydrogens (tertiary/aromatic N) is 3. The van der Waals surface area contributed by atoms with Crippen LogP contribution >= 0.6 is 0 Å². The summed E-state index contributed by atoms with van der Waals surface area (Å²) in [5.74, 6) is 1.01. The normalized spacial score (nSPS) is 13.2. The van der Waals surface area contributed by atoms with Gasteiger partial charge in [-0.05, 0) is 86.3 Å². The Hall–Kier alpha value is -6.32. The number of para-hydroxylation sites is 2. The maximum Gasteiger partial charge on any atom is 0.235 e. The van der Waals surface area contributed by atoms with Crippen molar-refractivity contribution in [1.82, 2.24) is 14.5 Å². The van der Waals surface area contributed by atoms with Crippen LogP contribution in [0.3, 0.4) is 0 Å². The summed E-state index contributed by atoms with van der Waals surface area (Å²) in [5.41, 5.74) is 16.9. The van der Waals surface area contributed by atoms with Crippen LogP contribution in [0.2, 0.25) is 0 Å². The highest BCUT2D eigenvalue weighted by Gasteiger charge is 2.35. The molecule has 1 aliphatic carbocycles. The highest BCUT2D eigenvalue weighted by molar-refractivity contribution is 6.11. The van der Waals surface area contributed by atoms with Crippen molar-refractivity contribution in [3.05, 3.63) is 174 Å². The molecule has 0 spiro atoms. The minimum atomic E-state index is -0.0292. The van der Waals surface area contributed by atoms with Crippen LogP contribution in [0, 0.1) is 0 Å². The van der Waals surface area contributed by atoms with E-state index < -0.39 is 0 Å². The zero-order chi connectivity index (χ0) is 35.8. The summed E-state index contributed by atoms with van der Waals surface area (Å²) in [5, 5.41) is 3.46. The summed E-state index contributed by atoms with van der Waals surface area (Å²) in [6.07, 6.45) is 0. The molecule has 0 bridgehead atoms. The second kappa shape index (κ2) is 11.9. The summed E-state index contributed by atoms with van der Waals surface area (Å²) in [4.78, 5) is 10.5. The lowest BCUT2D eigenvalue weighted by Crippen LogP contribution is -2.14. The van der Waals surface area contributed by atoms with Crippen LogP contribution in [0.25, 0.3) is 83.3 Å². The number of hydrogen-bond acceptors (Lipinski definition) is 2. The molecule has 0 N–H and O–H groups in total. The van der Waals surface area contributed by atoms with Crippen molar-refractivity contribution < 1.29 is 0 Å². The van der Waals surface area contributed by atoms with Gasteiger partial charge in [0, 0.05) is 27.1 Å². The Balaban J connectivity index is 1.13. The highest BCUT2D eigenvalue weighted by atomic mass is 15.2. The summed E-state index contributed by atoms with van der Waals surface area (Å²) in [7, 11) is 0. The van der Waals surface area contributed by atoms with E-state index in [0.29, 0.717) is 11.9 Å². The predicted molar refractivity (Wildman–Crippen MR) is 222 cm³/mol. The molecule has 53 heavy (non-hydrogen) atoms. The predicted octanol–water partition coefficient (Wildman–Crippen LogP) is 13.2. The molecule has 0 saturated carbocycles. The molecule has 0 aliphatic heterocycles. The molecule has 1 aliphatic rings. The van der Waals surface area contributed by atoms with Gasteiger partial charge in [0.15, 0.2) is 0 Å². The lowest BCUT2D eigenvalue weighted by atomic mass is 9.81. The van der Waals surface area contributed by atoms with Gasteiger partial charge in [0.05, 0.1) is 22.2 Å². The van der Waals surface area contributed by atoms with Crippen molar-refractivity contribution in [2.45, 2.75) is 39.0 Å². The van der Waals surface area contributed by atoms with Crippen molar-refractivity contribution in [3.63, 3.8) is 0 Å². The van der Waals surface area contributed by atoms with Gasteiger partial charge in [-0.3, -0.25) is 4.57 Å². The highest BCUT2D eigenvalue weighted by Crippen LogP contribution is 2.49. The summed E-state index contributed by atoms with van der Waals surface area (Å²) >= 11 is 0. The molecule has 7 aromatic carbocycles. The number of hydrogen-bond donors (Lipinski definition) is 0. The van der Waals surface area contributed by atoms with Crippen LogP contribution in [-0.4, -0.2) is 14.5 Å². The van der Waals surface area contributed by atoms with Gasteiger partial charge in [0.2, 0.25) is 5.95 Å². The van der Waals surface area contributed by atoms with Crippen molar-refractivity contribution in [1.29, 1.82) is 0 Å². The van der Waals surface area contributed by atoms with E-state index in [2.05, 4.69) is 184 Å². The van der Waals surface area contributed by atoms with E-state index in [9.17, 15) is 0 Å². The van der Waals surface area contributed by atoms with Crippen LogP contribution in [0.4, 0.5) is 0 Å². The Morgan fingerprint density at radius 2 is 1.13 bits per heavy atom. The monoisotopic (exact) mass is 681 g/mol. The molecule has 3 nitrogen and oxygen atoms in total. The van der Waals surface area contributed by atoms with Gasteiger partial charge >= 0.3 is 0 Å². The Morgan fingerprint density at radius 1 is 0.472 bits per heavy atom. The molecule has 0 unspecified atom stereocenters. The largest absolute Gasteiger partial charge is 0.278 e. The fourth-order valence-electron chi connectivity index (χ4n) is 8.68. The van der Waals surface area contributed by atoms with Gasteiger partial charge in [-0.1, -0.05) is 155 Å². The van der Waals surface area contributed by atoms with Crippen LogP contribution in [0.1, 0.15) is 50.3 Å². The third kappa shape index (κ3) is 4.88. The Bertz CT molecular complexity index is 2880. The molecule has 9 aromatic rings. The summed E-state index contributed by atoms with van der Waals surface area (Å²) < 4.78 is 2.26. The second-order valence-electron chi connectivity index (χ2n) is 15.2. The van der Waals surface area contributed by atoms with E-state index in [0.717, 1.165) is 33.2 Å². The topological polar surface area (TPSA) is 30.7 Å². The minimum absolute atomic E-state index is 0.0292. The molecule has 0 fully saturated rings. The average Bonchev–Trinajstić information content (AvgIpc) is 3.65. The lowest BCUT2D eigenvalue weighted by molar-refractivity contribution is 0.660. The van der Waals surface area contributed by atoms with Gasteiger partial charge < -0.3 is 0 Å². The number of benzene rings is 7. The van der Waals surface area contributed by atoms with Crippen molar-refractivity contribution in [2.75, 3.05) is 0 Å². The van der Waals surface area contributed by atoms with E-state index in [1.54, 1.807) is 0 Å². The molecule has 254 valence electrons. The van der Waals surface area contributed by atoms with Gasteiger partial charge in [-0.25, -0.2) is 9.97 Å². The zero-order valence-electron chi connectivity index (χ0n) is 30.4. The van der Waals surface area contributed by atoms with E-state index in [4.69, 9.17) is 9.97 Å². The first-order chi connectivity index (χ1) is 25.9. The number of aromatic nitrogens is 3. The van der Waals surface area contributed by atoms with Crippen molar-refractivity contribution in [3.8, 4) is 50.6 Å². The molecule has 2 aromatic heterocycles. The summed E-state index contributed by atoms with van der Waals surface area (Å²) in [6.45, 7) is 9.28. The minimum Gasteiger partial charge on any atom is -0.278 e. The fraction of sp³-hybridized carbons (Fsp3) is 0.120. The molecule has 0 amide bonds. The molecule has 3 heteroatoms. The molecular formula is C50H39N3. The third-order valence-corrected chi connectivity index (χ3v) is 11.4. The smallest absolute Gasteiger partial charge is 0.235 e. The SMILES string of the molecule is CC(C)c1cc2c3ccccc3n(-c3nc(-c4ccccc4)c4ccccc4n3)c2cc1-c1ccc(-c2ccc3c(c2)C(C)(C)c2ccccc2-3)cc1. The molecule has 0 radical (unpaired) electrons. The number of fused-ring (bicyclic) bond motifs is 7. The number of rotatable bonds is 5. The molecule has 2 heterocycles. The van der Waals surface area contributed by atoms with E-state index in [-0.39, 0.29) is 5.41 Å². The molecular weight excluding hydrogens is 643 g/mol. The van der Waals surface area contributed by atoms with Gasteiger partial charge in [0.25, 0.3) is 0 Å². The zero-order valence-corrected chi connectivity index (χ0v) is 30.4. The third-order valence-electron chi connectivity index (χ3n) is 11.4. The van der Waals surface area contributed by atoms with Crippen LogP contribution in [0.5, 0.6) is 0 Å². The first kappa shape index (κ1) is 31.4. The van der Waals surface area contributed by atoms with Gasteiger partial charge in [-0.15, -0.1) is 0 Å². The summed E-state index contributed by atoms with van der Waals surface area (Å²) in [6, 6.07) is 57.2. The molecule has 0 atom stereocenters. The van der Waals surface area contributed by atoms with Crippen molar-refractivity contribution in [2.24, 2.45) is 0 Å². The lowest BCUT2D eigenvalue weighted by Gasteiger charge is -2.22. The fourth-order valence-corrected chi connectivity index (χ4v) is 8.68. The first-order valence-corrected chi connectivity index (χ1v) is 18.6. The maximum atomic E-state index is 5.32. The van der Waals surface area contributed by atoms with E-state index in [1.165, 1.54) is 60.8 Å². The Labute approximate surface area is 310 Å². The van der Waals surface area contributed by atoms with Crippen LogP contribution in [0.15, 0.2) is 158 Å². The standard InChI is InChI=1S/C50H39N3/c1-31(2)40-29-42-38-17-10-13-21-46(38)53(49-51-45-20-12-9-18-39(45)48(52-49)34-14-6-5-7-15-34)47(42)30-41(40)33-24-22-32(23-25-33)35-26-27-37-36-16-8-11-19-43(36)50(3,4)44(37)28-35/h5-31H,1-4H3. The van der Waals surface area contributed by atoms with Crippen LogP contribution < -0.4 is 0 Å².